The smallest absolute Gasteiger partial charge is 0.255 e. The number of anilines is 1. The van der Waals surface area contributed by atoms with Gasteiger partial charge in [-0.05, 0) is 37.0 Å². The molecular weight excluding hydrogens is 294 g/mol. The highest BCUT2D eigenvalue weighted by Gasteiger charge is 2.43. The third-order valence-corrected chi connectivity index (χ3v) is 4.40. The third-order valence-electron chi connectivity index (χ3n) is 4.40. The Kier molecular flexibility index (Phi) is 2.43. The molecule has 1 aromatic rings. The normalized spacial score (nSPS) is 32.8. The van der Waals surface area contributed by atoms with E-state index in [9.17, 15) is 14.4 Å². The first-order chi connectivity index (χ1) is 12.8. The first-order valence-corrected chi connectivity index (χ1v) is 7.33. The van der Waals surface area contributed by atoms with E-state index in [0.717, 1.165) is 21.3 Å². The first-order valence-electron chi connectivity index (χ1n) is 9.72. The van der Waals surface area contributed by atoms with Crippen LogP contribution in [0.25, 0.3) is 0 Å². The lowest BCUT2D eigenvalue weighted by Crippen LogP contribution is -2.56. The Hall–Kier alpha value is -2.37. The molecule has 122 valence electrons. The Bertz CT molecular complexity index is 920. The van der Waals surface area contributed by atoms with Crippen molar-refractivity contribution in [3.8, 4) is 0 Å². The van der Waals surface area contributed by atoms with E-state index in [4.69, 9.17) is 6.94 Å². The SMILES string of the molecule is [2H]N1C(=O)C([2H])([2H])C(C)C([2H])(N2Cc3c(cc(C)c(C)c3N([2H])C)C2=O)C1=O. The number of amides is 3. The molecule has 6 heteroatoms. The minimum Gasteiger partial charge on any atom is -0.388 e. The Morgan fingerprint density at radius 2 is 2.17 bits per heavy atom. The van der Waals surface area contributed by atoms with Crippen LogP contribution in [0.1, 0.15) is 44.5 Å². The zero-order valence-corrected chi connectivity index (χ0v) is 13.4. The molecular formula is C17H21N3O3. The van der Waals surface area contributed by atoms with Crippen LogP contribution in [-0.4, -0.2) is 35.7 Å². The van der Waals surface area contributed by atoms with Gasteiger partial charge in [-0.15, -0.1) is 0 Å². The standard InChI is InChI=1S/C17H21N3O3/c1-8-5-11-12(14(18-4)10(8)3)7-20(17(11)23)15-9(2)6-13(21)19-16(15)22/h5,9,15,18H,6-7H2,1-4H3,(H,19,21,22)/i6D2,15D/hD2. The zero-order chi connectivity index (χ0) is 21.3. The molecule has 2 unspecified atom stereocenters. The number of hydrogen-bond donors (Lipinski definition) is 2. The van der Waals surface area contributed by atoms with E-state index in [1.54, 1.807) is 19.9 Å². The van der Waals surface area contributed by atoms with Gasteiger partial charge in [0.25, 0.3) is 5.91 Å². The van der Waals surface area contributed by atoms with E-state index in [0.29, 0.717) is 11.3 Å². The molecule has 2 atom stereocenters. The first kappa shape index (κ1) is 10.4. The molecule has 0 saturated carbocycles. The van der Waals surface area contributed by atoms with Crippen LogP contribution < -0.4 is 10.6 Å². The summed E-state index contributed by atoms with van der Waals surface area (Å²) >= 11 is 0. The number of rotatable bonds is 2. The molecule has 2 heterocycles. The summed E-state index contributed by atoms with van der Waals surface area (Å²) < 4.78 is 40.4. The van der Waals surface area contributed by atoms with Crippen molar-refractivity contribution in [1.29, 1.82) is 0 Å². The monoisotopic (exact) mass is 320 g/mol. The molecule has 1 aromatic carbocycles. The molecule has 3 rings (SSSR count). The second-order valence-electron chi connectivity index (χ2n) is 5.78. The van der Waals surface area contributed by atoms with Crippen LogP contribution in [0.5, 0.6) is 0 Å². The summed E-state index contributed by atoms with van der Waals surface area (Å²) in [5, 5.41) is 0.956. The number of nitrogens with one attached hydrogen (secondary N) is 2. The van der Waals surface area contributed by atoms with Crippen LogP contribution in [-0.2, 0) is 16.1 Å². The van der Waals surface area contributed by atoms with Crippen LogP contribution in [0.15, 0.2) is 6.07 Å². The molecule has 2 aliphatic heterocycles. The molecule has 2 N–H and O–H groups in total. The average molecular weight is 320 g/mol. The van der Waals surface area contributed by atoms with Crippen LogP contribution in [0.3, 0.4) is 0 Å². The molecule has 0 radical (unpaired) electrons. The molecule has 6 nitrogen and oxygen atoms in total. The van der Waals surface area contributed by atoms with Gasteiger partial charge in [-0.3, -0.25) is 19.7 Å². The van der Waals surface area contributed by atoms with Gasteiger partial charge in [-0.2, -0.15) is 0 Å². The van der Waals surface area contributed by atoms with Crippen molar-refractivity contribution in [2.75, 3.05) is 12.4 Å². The average Bonchev–Trinajstić information content (AvgIpc) is 2.94. The molecule has 23 heavy (non-hydrogen) atoms. The minimum absolute atomic E-state index is 0.155. The summed E-state index contributed by atoms with van der Waals surface area (Å²) in [5.74, 6) is -4.76. The maximum absolute atomic E-state index is 13.1. The maximum atomic E-state index is 13.1. The Labute approximate surface area is 142 Å². The summed E-state index contributed by atoms with van der Waals surface area (Å²) in [6.07, 6.45) is -2.66. The van der Waals surface area contributed by atoms with E-state index in [-0.39, 0.29) is 17.4 Å². The van der Waals surface area contributed by atoms with Gasteiger partial charge in [0.2, 0.25) is 11.8 Å². The van der Waals surface area contributed by atoms with E-state index >= 15 is 0 Å². The van der Waals surface area contributed by atoms with E-state index in [1.807, 2.05) is 0 Å². The molecule has 0 aromatic heterocycles. The third kappa shape index (κ3) is 2.29. The lowest BCUT2D eigenvalue weighted by atomic mass is 9.92. The minimum atomic E-state index is -2.66. The number of imide groups is 1. The van der Waals surface area contributed by atoms with E-state index in [1.165, 1.54) is 14.0 Å². The zero-order valence-electron chi connectivity index (χ0n) is 18.4. The van der Waals surface area contributed by atoms with Crippen molar-refractivity contribution in [3.05, 3.63) is 28.3 Å². The number of nitrogens with zero attached hydrogens (tertiary/aromatic N) is 1. The number of fused-ring (bicyclic) bond motifs is 1. The van der Waals surface area contributed by atoms with Gasteiger partial charge in [-0.25, -0.2) is 0 Å². The number of benzene rings is 1. The van der Waals surface area contributed by atoms with Crippen molar-refractivity contribution in [1.82, 2.24) is 10.2 Å². The molecule has 0 spiro atoms. The summed E-state index contributed by atoms with van der Waals surface area (Å²) in [6, 6.07) is -0.839. The topological polar surface area (TPSA) is 78.5 Å². The van der Waals surface area contributed by atoms with Crippen LogP contribution in [0.2, 0.25) is 2.82 Å². The second kappa shape index (κ2) is 5.37. The van der Waals surface area contributed by atoms with Crippen LogP contribution in [0, 0.1) is 19.8 Å². The van der Waals surface area contributed by atoms with Crippen molar-refractivity contribution in [2.45, 2.75) is 39.7 Å². The number of carbonyl (C=O) groups is 3. The summed E-state index contributed by atoms with van der Waals surface area (Å²) in [6.45, 7) is 4.62. The van der Waals surface area contributed by atoms with Crippen LogP contribution >= 0.6 is 0 Å². The fourth-order valence-electron chi connectivity index (χ4n) is 3.15. The summed E-state index contributed by atoms with van der Waals surface area (Å²) in [4.78, 5) is 38.8. The van der Waals surface area contributed by atoms with Crippen molar-refractivity contribution in [2.24, 2.45) is 5.92 Å². The predicted molar refractivity (Wildman–Crippen MR) is 86.1 cm³/mol. The fourth-order valence-corrected chi connectivity index (χ4v) is 3.15. The van der Waals surface area contributed by atoms with E-state index in [2.05, 4.69) is 0 Å². The molecule has 1 fully saturated rings. The van der Waals surface area contributed by atoms with Crippen molar-refractivity contribution in [3.63, 3.8) is 0 Å². The van der Waals surface area contributed by atoms with Gasteiger partial charge in [0.05, 0.1) is 1.37 Å². The predicted octanol–water partition coefficient (Wildman–Crippen LogP) is 1.35. The molecule has 0 aliphatic carbocycles. The quantitative estimate of drug-likeness (QED) is 0.806. The highest BCUT2D eigenvalue weighted by Crippen LogP contribution is 2.36. The number of carbonyl (C=O) groups excluding carboxylic acids is 3. The molecule has 0 bridgehead atoms. The van der Waals surface area contributed by atoms with Gasteiger partial charge in [0, 0.05) is 39.5 Å². The van der Waals surface area contributed by atoms with Gasteiger partial charge in [0.1, 0.15) is 6.02 Å². The Balaban J connectivity index is 2.17. The molecule has 1 saturated heterocycles. The van der Waals surface area contributed by atoms with Gasteiger partial charge >= 0.3 is 0 Å². The van der Waals surface area contributed by atoms with E-state index < -0.39 is 36.0 Å². The lowest BCUT2D eigenvalue weighted by Gasteiger charge is -2.34. The molecule has 2 aliphatic rings. The van der Waals surface area contributed by atoms with Gasteiger partial charge in [0.15, 0.2) is 2.82 Å². The fraction of sp³-hybridized carbons (Fsp3) is 0.471. The summed E-state index contributed by atoms with van der Waals surface area (Å²) in [5.41, 5.74) is 2.72. The van der Waals surface area contributed by atoms with Crippen molar-refractivity contribution >= 4 is 23.4 Å². The maximum Gasteiger partial charge on any atom is 0.255 e. The Morgan fingerprint density at radius 1 is 1.48 bits per heavy atom. The second-order valence-corrected chi connectivity index (χ2v) is 5.78. The largest absolute Gasteiger partial charge is 0.388 e. The highest BCUT2D eigenvalue weighted by atomic mass is 16.2. The lowest BCUT2D eigenvalue weighted by molar-refractivity contribution is -0.139. The molecule has 3 amide bonds. The van der Waals surface area contributed by atoms with Crippen molar-refractivity contribution < 1.29 is 21.3 Å². The number of piperidine rings is 1. The number of hydrogen-bond acceptors (Lipinski definition) is 4. The Morgan fingerprint density at radius 3 is 2.83 bits per heavy atom. The number of aryl methyl sites for hydroxylation is 1. The van der Waals surface area contributed by atoms with Crippen LogP contribution in [0.4, 0.5) is 5.69 Å². The highest BCUT2D eigenvalue weighted by molar-refractivity contribution is 6.06. The van der Waals surface area contributed by atoms with Gasteiger partial charge < -0.3 is 10.2 Å². The van der Waals surface area contributed by atoms with Gasteiger partial charge in [-0.1, -0.05) is 6.92 Å². The summed E-state index contributed by atoms with van der Waals surface area (Å²) in [7, 11) is 1.50.